The molecule has 1 aliphatic heterocycles. The minimum Gasteiger partial charge on any atom is -0.353 e. The minimum absolute atomic E-state index is 0.229. The molecule has 3 rings (SSSR count). The molecule has 0 spiro atoms. The maximum absolute atomic E-state index is 11.9. The Hall–Kier alpha value is -2.81. The average Bonchev–Trinajstić information content (AvgIpc) is 2.67. The van der Waals surface area contributed by atoms with Crippen LogP contribution in [0.5, 0.6) is 0 Å². The van der Waals surface area contributed by atoms with Crippen molar-refractivity contribution in [2.45, 2.75) is 0 Å². The quantitative estimate of drug-likeness (QED) is 0.591. The molecule has 1 saturated heterocycles. The number of carbonyl (C=O) groups excluding carboxylic acids is 1. The fourth-order valence-corrected chi connectivity index (χ4v) is 2.58. The Kier molecular flexibility index (Phi) is 5.12. The second-order valence-corrected chi connectivity index (χ2v) is 5.52. The number of hydrogen-bond donors (Lipinski definition) is 2. The SMILES string of the molecule is O=C(NNC(=S)N1CCN(c2ccccn2)CC1)c1cnccn1. The molecule has 2 aromatic rings. The van der Waals surface area contributed by atoms with Crippen LogP contribution >= 0.6 is 12.2 Å². The van der Waals surface area contributed by atoms with Gasteiger partial charge in [0.1, 0.15) is 11.5 Å². The minimum atomic E-state index is -0.377. The summed E-state index contributed by atoms with van der Waals surface area (Å²) < 4.78 is 0. The molecule has 0 aliphatic carbocycles. The first kappa shape index (κ1) is 16.1. The Morgan fingerprint density at radius 2 is 1.88 bits per heavy atom. The molecule has 0 bridgehead atoms. The smallest absolute Gasteiger partial charge is 0.289 e. The largest absolute Gasteiger partial charge is 0.353 e. The standard InChI is InChI=1S/C15H17N7OS/c23-14(12-11-16-5-6-17-12)19-20-15(24)22-9-7-21(8-10-22)13-3-1-2-4-18-13/h1-6,11H,7-10H2,(H,19,23)(H,20,24). The molecule has 0 unspecified atom stereocenters. The lowest BCUT2D eigenvalue weighted by Gasteiger charge is -2.36. The molecule has 1 fully saturated rings. The van der Waals surface area contributed by atoms with Gasteiger partial charge in [-0.05, 0) is 24.4 Å². The summed E-state index contributed by atoms with van der Waals surface area (Å²) in [5, 5.41) is 0.480. The van der Waals surface area contributed by atoms with Crippen LogP contribution in [0.15, 0.2) is 43.0 Å². The molecule has 2 N–H and O–H groups in total. The summed E-state index contributed by atoms with van der Waals surface area (Å²) >= 11 is 5.33. The van der Waals surface area contributed by atoms with Crippen LogP contribution < -0.4 is 15.8 Å². The van der Waals surface area contributed by atoms with E-state index >= 15 is 0 Å². The van der Waals surface area contributed by atoms with Crippen LogP contribution in [0.3, 0.4) is 0 Å². The number of piperazine rings is 1. The summed E-state index contributed by atoms with van der Waals surface area (Å²) in [6.45, 7) is 3.14. The van der Waals surface area contributed by atoms with Crippen LogP contribution in [-0.2, 0) is 0 Å². The van der Waals surface area contributed by atoms with Crippen molar-refractivity contribution in [1.82, 2.24) is 30.7 Å². The molecule has 9 heteroatoms. The van der Waals surface area contributed by atoms with Crippen molar-refractivity contribution in [3.05, 3.63) is 48.7 Å². The second kappa shape index (κ2) is 7.64. The Balaban J connectivity index is 1.46. The van der Waals surface area contributed by atoms with Gasteiger partial charge in [-0.15, -0.1) is 0 Å². The van der Waals surface area contributed by atoms with E-state index in [1.807, 2.05) is 23.1 Å². The van der Waals surface area contributed by atoms with Gasteiger partial charge in [-0.1, -0.05) is 6.07 Å². The molecule has 2 aromatic heterocycles. The first-order valence-electron chi connectivity index (χ1n) is 7.51. The van der Waals surface area contributed by atoms with Gasteiger partial charge < -0.3 is 9.80 Å². The van der Waals surface area contributed by atoms with Crippen LogP contribution in [0.25, 0.3) is 0 Å². The van der Waals surface area contributed by atoms with E-state index in [9.17, 15) is 4.79 Å². The molecule has 0 atom stereocenters. The zero-order valence-electron chi connectivity index (χ0n) is 12.9. The summed E-state index contributed by atoms with van der Waals surface area (Å²) in [5.74, 6) is 0.588. The number of nitrogens with zero attached hydrogens (tertiary/aromatic N) is 5. The number of carbonyl (C=O) groups is 1. The van der Waals surface area contributed by atoms with Crippen molar-refractivity contribution in [3.63, 3.8) is 0 Å². The van der Waals surface area contributed by atoms with Crippen molar-refractivity contribution in [1.29, 1.82) is 0 Å². The average molecular weight is 343 g/mol. The number of aromatic nitrogens is 3. The van der Waals surface area contributed by atoms with Crippen LogP contribution in [0.2, 0.25) is 0 Å². The van der Waals surface area contributed by atoms with Crippen molar-refractivity contribution in [2.24, 2.45) is 0 Å². The molecule has 3 heterocycles. The predicted molar refractivity (Wildman–Crippen MR) is 93.3 cm³/mol. The number of anilines is 1. The van der Waals surface area contributed by atoms with Crippen LogP contribution in [0.4, 0.5) is 5.82 Å². The topological polar surface area (TPSA) is 86.3 Å². The summed E-state index contributed by atoms with van der Waals surface area (Å²) in [5.41, 5.74) is 5.53. The molecule has 1 aliphatic rings. The van der Waals surface area contributed by atoms with Crippen molar-refractivity contribution in [3.8, 4) is 0 Å². The van der Waals surface area contributed by atoms with Gasteiger partial charge in [-0.3, -0.25) is 20.6 Å². The number of rotatable bonds is 2. The first-order valence-corrected chi connectivity index (χ1v) is 7.92. The Morgan fingerprint density at radius 1 is 1.04 bits per heavy atom. The molecular weight excluding hydrogens is 326 g/mol. The third kappa shape index (κ3) is 3.93. The molecule has 1 amide bonds. The van der Waals surface area contributed by atoms with Crippen LogP contribution in [0.1, 0.15) is 10.5 Å². The molecule has 0 radical (unpaired) electrons. The summed E-state index contributed by atoms with van der Waals surface area (Å²) in [6.07, 6.45) is 6.15. The van der Waals surface area contributed by atoms with E-state index in [0.717, 1.165) is 32.0 Å². The van der Waals surface area contributed by atoms with Gasteiger partial charge in [0, 0.05) is 44.8 Å². The van der Waals surface area contributed by atoms with Gasteiger partial charge in [0.05, 0.1) is 6.20 Å². The maximum atomic E-state index is 11.9. The third-order valence-corrected chi connectivity index (χ3v) is 3.98. The van der Waals surface area contributed by atoms with Crippen molar-refractivity contribution >= 4 is 29.1 Å². The zero-order valence-corrected chi connectivity index (χ0v) is 13.7. The van der Waals surface area contributed by atoms with Gasteiger partial charge in [0.2, 0.25) is 0 Å². The first-order chi connectivity index (χ1) is 11.7. The number of thiocarbonyl (C=S) groups is 1. The van der Waals surface area contributed by atoms with Gasteiger partial charge in [-0.25, -0.2) is 9.97 Å². The highest BCUT2D eigenvalue weighted by molar-refractivity contribution is 7.80. The fourth-order valence-electron chi connectivity index (χ4n) is 2.35. The van der Waals surface area contributed by atoms with E-state index in [-0.39, 0.29) is 11.6 Å². The maximum Gasteiger partial charge on any atom is 0.289 e. The monoisotopic (exact) mass is 343 g/mol. The van der Waals surface area contributed by atoms with E-state index in [1.54, 1.807) is 6.20 Å². The lowest BCUT2D eigenvalue weighted by Crippen LogP contribution is -2.55. The highest BCUT2D eigenvalue weighted by Crippen LogP contribution is 2.12. The molecule has 24 heavy (non-hydrogen) atoms. The predicted octanol–water partition coefficient (Wildman–Crippen LogP) is 0.213. The Morgan fingerprint density at radius 3 is 2.54 bits per heavy atom. The van der Waals surface area contributed by atoms with Crippen molar-refractivity contribution < 1.29 is 4.79 Å². The number of hydrazine groups is 1. The molecule has 0 aromatic carbocycles. The van der Waals surface area contributed by atoms with Crippen LogP contribution in [-0.4, -0.2) is 57.1 Å². The zero-order chi connectivity index (χ0) is 16.8. The van der Waals surface area contributed by atoms with E-state index in [1.165, 1.54) is 18.6 Å². The third-order valence-electron chi connectivity index (χ3n) is 3.62. The van der Waals surface area contributed by atoms with E-state index in [4.69, 9.17) is 12.2 Å². The van der Waals surface area contributed by atoms with Gasteiger partial charge in [0.15, 0.2) is 5.11 Å². The van der Waals surface area contributed by atoms with Gasteiger partial charge >= 0.3 is 0 Å². The molecule has 0 saturated carbocycles. The van der Waals surface area contributed by atoms with Gasteiger partial charge in [-0.2, -0.15) is 0 Å². The van der Waals surface area contributed by atoms with E-state index in [0.29, 0.717) is 5.11 Å². The number of pyridine rings is 1. The van der Waals surface area contributed by atoms with Crippen LogP contribution in [0, 0.1) is 0 Å². The van der Waals surface area contributed by atoms with E-state index in [2.05, 4.69) is 30.7 Å². The summed E-state index contributed by atoms with van der Waals surface area (Å²) in [6, 6.07) is 5.87. The second-order valence-electron chi connectivity index (χ2n) is 5.14. The van der Waals surface area contributed by atoms with Crippen molar-refractivity contribution in [2.75, 3.05) is 31.1 Å². The highest BCUT2D eigenvalue weighted by Gasteiger charge is 2.20. The molecular formula is C15H17N7OS. The Bertz CT molecular complexity index is 689. The summed E-state index contributed by atoms with van der Waals surface area (Å²) in [7, 11) is 0. The number of amides is 1. The molecule has 124 valence electrons. The number of nitrogens with one attached hydrogen (secondary N) is 2. The lowest BCUT2D eigenvalue weighted by atomic mass is 10.3. The lowest BCUT2D eigenvalue weighted by molar-refractivity contribution is 0.0936. The highest BCUT2D eigenvalue weighted by atomic mass is 32.1. The summed E-state index contributed by atoms with van der Waals surface area (Å²) in [4.78, 5) is 28.2. The number of hydrogen-bond acceptors (Lipinski definition) is 6. The Labute approximate surface area is 144 Å². The van der Waals surface area contributed by atoms with E-state index < -0.39 is 0 Å². The normalized spacial score (nSPS) is 14.2. The fraction of sp³-hybridized carbons (Fsp3) is 0.267. The molecule has 8 nitrogen and oxygen atoms in total. The van der Waals surface area contributed by atoms with Gasteiger partial charge in [0.25, 0.3) is 5.91 Å².